The monoisotopic (exact) mass is 408 g/mol. The lowest BCUT2D eigenvalue weighted by Gasteiger charge is -2.32. The first kappa shape index (κ1) is 21.0. The van der Waals surface area contributed by atoms with Gasteiger partial charge in [-0.15, -0.1) is 0 Å². The van der Waals surface area contributed by atoms with E-state index in [1.165, 1.54) is 11.1 Å². The molecule has 1 unspecified atom stereocenters. The largest absolute Gasteiger partial charge is 0.463 e. The molecule has 0 amide bonds. The highest BCUT2D eigenvalue weighted by atomic mass is 16.6. The Hall–Kier alpha value is -2.21. The summed E-state index contributed by atoms with van der Waals surface area (Å²) in [6, 6.07) is 20.6. The number of likely N-dealkylation sites (N-methyl/N-ethyl adjacent to an activating group) is 1. The van der Waals surface area contributed by atoms with Gasteiger partial charge in [0.05, 0.1) is 19.1 Å². The molecular weight excluding hydrogens is 376 g/mol. The van der Waals surface area contributed by atoms with E-state index in [4.69, 9.17) is 9.47 Å². The Morgan fingerprint density at radius 2 is 1.50 bits per heavy atom. The maximum Gasteiger partial charge on any atom is 0.310 e. The molecule has 0 bridgehead atoms. The molecule has 5 heteroatoms. The Labute approximate surface area is 179 Å². The normalized spacial score (nSPS) is 21.3. The minimum absolute atomic E-state index is 0.120. The van der Waals surface area contributed by atoms with E-state index in [9.17, 15) is 4.79 Å². The second-order valence-corrected chi connectivity index (χ2v) is 8.38. The summed E-state index contributed by atoms with van der Waals surface area (Å²) in [4.78, 5) is 17.6. The second kappa shape index (κ2) is 9.73. The van der Waals surface area contributed by atoms with Crippen LogP contribution in [0.1, 0.15) is 17.5 Å². The number of rotatable bonds is 9. The third-order valence-electron chi connectivity index (χ3n) is 6.44. The molecule has 1 aliphatic heterocycles. The van der Waals surface area contributed by atoms with Crippen LogP contribution in [0, 0.1) is 5.92 Å². The third-order valence-corrected chi connectivity index (χ3v) is 6.44. The summed E-state index contributed by atoms with van der Waals surface area (Å²) in [7, 11) is 2.16. The molecule has 4 rings (SSSR count). The van der Waals surface area contributed by atoms with Gasteiger partial charge >= 0.3 is 5.97 Å². The van der Waals surface area contributed by atoms with Crippen LogP contribution < -0.4 is 0 Å². The molecule has 1 saturated heterocycles. The fourth-order valence-electron chi connectivity index (χ4n) is 4.49. The predicted octanol–water partition coefficient (Wildman–Crippen LogP) is 2.80. The van der Waals surface area contributed by atoms with Crippen LogP contribution in [-0.2, 0) is 19.7 Å². The first-order valence-corrected chi connectivity index (χ1v) is 11.0. The van der Waals surface area contributed by atoms with Crippen LogP contribution >= 0.6 is 0 Å². The summed E-state index contributed by atoms with van der Waals surface area (Å²) >= 11 is 0. The van der Waals surface area contributed by atoms with Crippen molar-refractivity contribution in [2.24, 2.45) is 5.92 Å². The molecule has 1 aliphatic carbocycles. The molecule has 2 aliphatic rings. The zero-order valence-corrected chi connectivity index (χ0v) is 17.8. The number of esters is 1. The Morgan fingerprint density at radius 3 is 2.10 bits per heavy atom. The number of nitrogens with zero attached hydrogens (tertiary/aromatic N) is 2. The van der Waals surface area contributed by atoms with E-state index in [0.29, 0.717) is 19.8 Å². The summed E-state index contributed by atoms with van der Waals surface area (Å²) in [5, 5.41) is 0. The molecule has 2 fully saturated rings. The van der Waals surface area contributed by atoms with Gasteiger partial charge < -0.3 is 14.4 Å². The average molecular weight is 409 g/mol. The molecular formula is C25H32N2O3. The van der Waals surface area contributed by atoms with Crippen molar-refractivity contribution < 1.29 is 14.3 Å². The van der Waals surface area contributed by atoms with Gasteiger partial charge in [0.25, 0.3) is 0 Å². The molecule has 1 atom stereocenters. The Morgan fingerprint density at radius 1 is 0.900 bits per heavy atom. The van der Waals surface area contributed by atoms with Gasteiger partial charge in [-0.2, -0.15) is 0 Å². The lowest BCUT2D eigenvalue weighted by molar-refractivity contribution is -0.147. The zero-order valence-electron chi connectivity index (χ0n) is 17.8. The highest BCUT2D eigenvalue weighted by molar-refractivity contribution is 5.81. The van der Waals surface area contributed by atoms with E-state index in [-0.39, 0.29) is 17.3 Å². The summed E-state index contributed by atoms with van der Waals surface area (Å²) in [6.07, 6.45) is 0.796. The maximum atomic E-state index is 12.8. The fraction of sp³-hybridized carbons (Fsp3) is 0.480. The Bertz CT molecular complexity index is 764. The van der Waals surface area contributed by atoms with Crippen LogP contribution in [0.3, 0.4) is 0 Å². The van der Waals surface area contributed by atoms with Crippen LogP contribution in [0.2, 0.25) is 0 Å². The standard InChI is InChI=1S/C25H32N2O3/c1-26-12-14-27(15-13-26)16-17-29-18-19-30-24(28)23-20-25(23,21-8-4-2-5-9-21)22-10-6-3-7-11-22/h2-11,23H,12-20H2,1H3. The molecule has 0 aromatic heterocycles. The molecule has 0 radical (unpaired) electrons. The van der Waals surface area contributed by atoms with Gasteiger partial charge in [0.2, 0.25) is 0 Å². The van der Waals surface area contributed by atoms with Crippen molar-refractivity contribution in [3.8, 4) is 0 Å². The van der Waals surface area contributed by atoms with Crippen molar-refractivity contribution in [2.45, 2.75) is 11.8 Å². The van der Waals surface area contributed by atoms with E-state index < -0.39 is 0 Å². The van der Waals surface area contributed by atoms with Gasteiger partial charge in [0.1, 0.15) is 6.61 Å². The highest BCUT2D eigenvalue weighted by Gasteiger charge is 2.61. The summed E-state index contributed by atoms with van der Waals surface area (Å²) in [6.45, 7) is 6.81. The molecule has 1 heterocycles. The minimum atomic E-state index is -0.262. The first-order chi connectivity index (χ1) is 14.7. The SMILES string of the molecule is CN1CCN(CCOCCOC(=O)C2CC2(c2ccccc2)c2ccccc2)CC1. The summed E-state index contributed by atoms with van der Waals surface area (Å²) < 4.78 is 11.3. The number of hydrogen-bond acceptors (Lipinski definition) is 5. The number of carbonyl (C=O) groups excluding carboxylic acids is 1. The van der Waals surface area contributed by atoms with Crippen molar-refractivity contribution >= 4 is 5.97 Å². The molecule has 1 saturated carbocycles. The van der Waals surface area contributed by atoms with Gasteiger partial charge in [-0.1, -0.05) is 60.7 Å². The van der Waals surface area contributed by atoms with Gasteiger partial charge in [-0.3, -0.25) is 9.69 Å². The minimum Gasteiger partial charge on any atom is -0.463 e. The fourth-order valence-corrected chi connectivity index (χ4v) is 4.49. The maximum absolute atomic E-state index is 12.8. The third kappa shape index (κ3) is 4.75. The van der Waals surface area contributed by atoms with E-state index in [2.05, 4.69) is 41.1 Å². The Kier molecular flexibility index (Phi) is 6.82. The lowest BCUT2D eigenvalue weighted by atomic mass is 9.86. The second-order valence-electron chi connectivity index (χ2n) is 8.38. The number of hydrogen-bond donors (Lipinski definition) is 0. The zero-order chi connectivity index (χ0) is 20.8. The van der Waals surface area contributed by atoms with Gasteiger partial charge in [-0.05, 0) is 24.6 Å². The van der Waals surface area contributed by atoms with Crippen molar-refractivity contribution in [1.82, 2.24) is 9.80 Å². The Balaban J connectivity index is 1.24. The molecule has 30 heavy (non-hydrogen) atoms. The number of ether oxygens (including phenoxy) is 2. The van der Waals surface area contributed by atoms with Gasteiger partial charge in [-0.25, -0.2) is 0 Å². The van der Waals surface area contributed by atoms with Crippen molar-refractivity contribution in [3.63, 3.8) is 0 Å². The van der Waals surface area contributed by atoms with Gasteiger partial charge in [0.15, 0.2) is 0 Å². The number of piperazine rings is 1. The number of benzene rings is 2. The topological polar surface area (TPSA) is 42.0 Å². The summed E-state index contributed by atoms with van der Waals surface area (Å²) in [5.74, 6) is -0.252. The smallest absolute Gasteiger partial charge is 0.310 e. The van der Waals surface area contributed by atoms with Crippen LogP contribution in [0.5, 0.6) is 0 Å². The molecule has 160 valence electrons. The van der Waals surface area contributed by atoms with E-state index in [1.807, 2.05) is 36.4 Å². The molecule has 5 nitrogen and oxygen atoms in total. The first-order valence-electron chi connectivity index (χ1n) is 11.0. The van der Waals surface area contributed by atoms with Crippen molar-refractivity contribution in [1.29, 1.82) is 0 Å². The predicted molar refractivity (Wildman–Crippen MR) is 117 cm³/mol. The molecule has 0 spiro atoms. The van der Waals surface area contributed by atoms with Crippen LogP contribution in [-0.4, -0.2) is 75.4 Å². The van der Waals surface area contributed by atoms with Crippen LogP contribution in [0.25, 0.3) is 0 Å². The quantitative estimate of drug-likeness (QED) is 0.472. The lowest BCUT2D eigenvalue weighted by Crippen LogP contribution is -2.45. The summed E-state index contributed by atoms with van der Waals surface area (Å²) in [5.41, 5.74) is 2.10. The average Bonchev–Trinajstić information content (AvgIpc) is 3.56. The van der Waals surface area contributed by atoms with E-state index in [0.717, 1.165) is 39.1 Å². The van der Waals surface area contributed by atoms with Crippen LogP contribution in [0.15, 0.2) is 60.7 Å². The van der Waals surface area contributed by atoms with Crippen molar-refractivity contribution in [2.75, 3.05) is 59.6 Å². The molecule has 0 N–H and O–H groups in total. The van der Waals surface area contributed by atoms with Crippen LogP contribution in [0.4, 0.5) is 0 Å². The number of carbonyl (C=O) groups is 1. The van der Waals surface area contributed by atoms with Gasteiger partial charge in [0, 0.05) is 38.1 Å². The van der Waals surface area contributed by atoms with E-state index >= 15 is 0 Å². The van der Waals surface area contributed by atoms with E-state index in [1.54, 1.807) is 0 Å². The molecule has 2 aromatic rings. The molecule has 2 aromatic carbocycles. The highest BCUT2D eigenvalue weighted by Crippen LogP contribution is 2.59. The van der Waals surface area contributed by atoms with Crippen molar-refractivity contribution in [3.05, 3.63) is 71.8 Å².